The second kappa shape index (κ2) is 4.68. The van der Waals surface area contributed by atoms with E-state index >= 15 is 0 Å². The fraction of sp³-hybridized carbons (Fsp3) is 1.00. The lowest BCUT2D eigenvalue weighted by molar-refractivity contribution is -0.0785. The molecular formula is C15H29NOS. The van der Waals surface area contributed by atoms with Crippen molar-refractivity contribution in [2.24, 2.45) is 5.92 Å². The summed E-state index contributed by atoms with van der Waals surface area (Å²) < 4.78 is 6.66. The summed E-state index contributed by atoms with van der Waals surface area (Å²) in [7, 11) is 2.12. The van der Waals surface area contributed by atoms with E-state index in [0.717, 1.165) is 6.42 Å². The van der Waals surface area contributed by atoms with Crippen LogP contribution in [-0.2, 0) is 4.74 Å². The van der Waals surface area contributed by atoms with Crippen molar-refractivity contribution < 1.29 is 4.74 Å². The van der Waals surface area contributed by atoms with E-state index in [1.165, 1.54) is 18.6 Å². The van der Waals surface area contributed by atoms with Crippen LogP contribution in [0.1, 0.15) is 53.9 Å². The molecule has 3 unspecified atom stereocenters. The fourth-order valence-corrected chi connectivity index (χ4v) is 5.61. The molecule has 2 fully saturated rings. The van der Waals surface area contributed by atoms with Crippen molar-refractivity contribution in [3.05, 3.63) is 0 Å². The van der Waals surface area contributed by atoms with Gasteiger partial charge in [0.05, 0.1) is 11.2 Å². The molecule has 3 atom stereocenters. The first kappa shape index (κ1) is 14.7. The molecular weight excluding hydrogens is 242 g/mol. The molecule has 106 valence electrons. The number of nitrogens with one attached hydrogen (secondary N) is 1. The Bertz CT molecular complexity index is 308. The highest BCUT2D eigenvalue weighted by atomic mass is 32.2. The van der Waals surface area contributed by atoms with E-state index in [4.69, 9.17) is 4.74 Å². The smallest absolute Gasteiger partial charge is 0.0678 e. The van der Waals surface area contributed by atoms with E-state index in [0.29, 0.717) is 16.7 Å². The summed E-state index contributed by atoms with van der Waals surface area (Å²) in [5, 5.41) is 3.62. The van der Waals surface area contributed by atoms with Crippen LogP contribution in [0.4, 0.5) is 0 Å². The Morgan fingerprint density at radius 3 is 2.28 bits per heavy atom. The van der Waals surface area contributed by atoms with E-state index in [-0.39, 0.29) is 11.2 Å². The Morgan fingerprint density at radius 1 is 1.22 bits per heavy atom. The van der Waals surface area contributed by atoms with E-state index in [1.807, 2.05) is 0 Å². The Hall–Kier alpha value is 0.270. The van der Waals surface area contributed by atoms with Crippen LogP contribution < -0.4 is 5.32 Å². The highest BCUT2D eigenvalue weighted by Gasteiger charge is 2.53. The molecule has 2 aliphatic heterocycles. The van der Waals surface area contributed by atoms with Crippen molar-refractivity contribution in [3.63, 3.8) is 0 Å². The lowest BCUT2D eigenvalue weighted by atomic mass is 9.75. The maximum absolute atomic E-state index is 6.29. The number of rotatable bonds is 3. The van der Waals surface area contributed by atoms with Crippen molar-refractivity contribution in [2.45, 2.75) is 75.9 Å². The molecule has 2 aliphatic rings. The minimum atomic E-state index is -0.0245. The van der Waals surface area contributed by atoms with Gasteiger partial charge in [0.25, 0.3) is 0 Å². The van der Waals surface area contributed by atoms with E-state index in [1.54, 1.807) is 0 Å². The second-order valence-corrected chi connectivity index (χ2v) is 8.94. The monoisotopic (exact) mass is 271 g/mol. The standard InChI is InChI=1S/C15H29NOS/c1-13(2)10-11(14(3,4)17-13)12(16-6)15(5)8-7-9-18-15/h11-12,16H,7-10H2,1-6H3. The van der Waals surface area contributed by atoms with Crippen LogP contribution in [0.3, 0.4) is 0 Å². The Morgan fingerprint density at radius 2 is 1.89 bits per heavy atom. The number of hydrogen-bond donors (Lipinski definition) is 1. The van der Waals surface area contributed by atoms with Gasteiger partial charge in [0, 0.05) is 16.7 Å². The second-order valence-electron chi connectivity index (χ2n) is 7.31. The molecule has 0 radical (unpaired) electrons. The van der Waals surface area contributed by atoms with Crippen molar-refractivity contribution in [1.82, 2.24) is 5.32 Å². The molecule has 0 saturated carbocycles. The quantitative estimate of drug-likeness (QED) is 0.849. The van der Waals surface area contributed by atoms with Crippen LogP contribution in [0.2, 0.25) is 0 Å². The Kier molecular flexibility index (Phi) is 3.81. The van der Waals surface area contributed by atoms with E-state index in [2.05, 4.69) is 58.7 Å². The third-order valence-corrected chi connectivity index (χ3v) is 6.37. The lowest BCUT2D eigenvalue weighted by Gasteiger charge is -2.41. The summed E-state index contributed by atoms with van der Waals surface area (Å²) in [5.41, 5.74) is -0.00770. The van der Waals surface area contributed by atoms with Gasteiger partial charge in [-0.25, -0.2) is 0 Å². The molecule has 0 aromatic heterocycles. The summed E-state index contributed by atoms with van der Waals surface area (Å²) in [4.78, 5) is 0. The molecule has 3 heteroatoms. The average Bonchev–Trinajstić information content (AvgIpc) is 2.71. The zero-order valence-electron chi connectivity index (χ0n) is 12.8. The van der Waals surface area contributed by atoms with E-state index in [9.17, 15) is 0 Å². The predicted octanol–water partition coefficient (Wildman–Crippen LogP) is 3.45. The van der Waals surface area contributed by atoms with Gasteiger partial charge in [-0.2, -0.15) is 11.8 Å². The SMILES string of the molecule is CNC(C1CC(C)(C)OC1(C)C)C1(C)CCCS1. The maximum atomic E-state index is 6.29. The summed E-state index contributed by atoms with van der Waals surface area (Å²) in [6.45, 7) is 11.4. The highest BCUT2D eigenvalue weighted by Crippen LogP contribution is 2.50. The van der Waals surface area contributed by atoms with Crippen LogP contribution in [0, 0.1) is 5.92 Å². The summed E-state index contributed by atoms with van der Waals surface area (Å²) >= 11 is 2.15. The molecule has 0 aromatic rings. The van der Waals surface area contributed by atoms with Crippen molar-refractivity contribution >= 4 is 11.8 Å². The molecule has 2 rings (SSSR count). The van der Waals surface area contributed by atoms with Gasteiger partial charge in [0.2, 0.25) is 0 Å². The van der Waals surface area contributed by atoms with Gasteiger partial charge >= 0.3 is 0 Å². The first-order chi connectivity index (χ1) is 8.20. The molecule has 18 heavy (non-hydrogen) atoms. The normalized spacial score (nSPS) is 40.0. The first-order valence-corrected chi connectivity index (χ1v) is 8.20. The molecule has 1 N–H and O–H groups in total. The Balaban J connectivity index is 2.22. The summed E-state index contributed by atoms with van der Waals surface area (Å²) in [6, 6.07) is 0.543. The fourth-order valence-electron chi connectivity index (χ4n) is 4.10. The minimum absolute atomic E-state index is 0.0168. The van der Waals surface area contributed by atoms with Gasteiger partial charge in [-0.3, -0.25) is 0 Å². The van der Waals surface area contributed by atoms with Crippen LogP contribution in [0.5, 0.6) is 0 Å². The number of thioether (sulfide) groups is 1. The Labute approximate surface area is 117 Å². The third-order valence-electron chi connectivity index (χ3n) is 4.76. The number of ether oxygens (including phenoxy) is 1. The molecule has 0 spiro atoms. The zero-order valence-corrected chi connectivity index (χ0v) is 13.6. The predicted molar refractivity (Wildman–Crippen MR) is 80.3 cm³/mol. The molecule has 2 heterocycles. The molecule has 2 nitrogen and oxygen atoms in total. The van der Waals surface area contributed by atoms with Crippen molar-refractivity contribution in [1.29, 1.82) is 0 Å². The van der Waals surface area contributed by atoms with E-state index < -0.39 is 0 Å². The van der Waals surface area contributed by atoms with Gasteiger partial charge in [0.1, 0.15) is 0 Å². The molecule has 0 aromatic carbocycles. The van der Waals surface area contributed by atoms with Gasteiger partial charge in [-0.1, -0.05) is 0 Å². The van der Waals surface area contributed by atoms with Gasteiger partial charge < -0.3 is 10.1 Å². The summed E-state index contributed by atoms with van der Waals surface area (Å²) in [5.74, 6) is 1.90. The summed E-state index contributed by atoms with van der Waals surface area (Å²) in [6.07, 6.45) is 3.84. The highest BCUT2D eigenvalue weighted by molar-refractivity contribution is 8.00. The van der Waals surface area contributed by atoms with Crippen LogP contribution in [0.15, 0.2) is 0 Å². The van der Waals surface area contributed by atoms with Crippen molar-refractivity contribution in [2.75, 3.05) is 12.8 Å². The minimum Gasteiger partial charge on any atom is -0.369 e. The molecule has 2 saturated heterocycles. The average molecular weight is 271 g/mol. The largest absolute Gasteiger partial charge is 0.369 e. The lowest BCUT2D eigenvalue weighted by Crippen LogP contribution is -2.53. The molecule has 0 bridgehead atoms. The van der Waals surface area contributed by atoms with Gasteiger partial charge in [-0.15, -0.1) is 0 Å². The first-order valence-electron chi connectivity index (χ1n) is 7.22. The van der Waals surface area contributed by atoms with Gasteiger partial charge in [-0.05, 0) is 66.7 Å². The zero-order chi connectivity index (χ0) is 13.6. The van der Waals surface area contributed by atoms with Crippen LogP contribution in [-0.4, -0.2) is 34.8 Å². The topological polar surface area (TPSA) is 21.3 Å². The van der Waals surface area contributed by atoms with Gasteiger partial charge in [0.15, 0.2) is 0 Å². The molecule has 0 aliphatic carbocycles. The number of hydrogen-bond acceptors (Lipinski definition) is 3. The van der Waals surface area contributed by atoms with Crippen LogP contribution in [0.25, 0.3) is 0 Å². The van der Waals surface area contributed by atoms with Crippen LogP contribution >= 0.6 is 11.8 Å². The third kappa shape index (κ3) is 2.59. The van der Waals surface area contributed by atoms with Crippen molar-refractivity contribution in [3.8, 4) is 0 Å². The maximum Gasteiger partial charge on any atom is 0.0678 e. The molecule has 0 amide bonds.